The van der Waals surface area contributed by atoms with Crippen molar-refractivity contribution >= 4 is 11.7 Å². The summed E-state index contributed by atoms with van der Waals surface area (Å²) in [4.78, 5) is 14.3. The van der Waals surface area contributed by atoms with Crippen molar-refractivity contribution in [3.05, 3.63) is 47.5 Å². The molecule has 1 aromatic heterocycles. The summed E-state index contributed by atoms with van der Waals surface area (Å²) in [6, 6.07) is 8.59. The van der Waals surface area contributed by atoms with Crippen molar-refractivity contribution in [1.29, 1.82) is 0 Å². The Balaban J connectivity index is 1.54. The minimum absolute atomic E-state index is 0.0805. The third-order valence-electron chi connectivity index (χ3n) is 4.14. The Morgan fingerprint density at radius 1 is 1.43 bits per heavy atom. The van der Waals surface area contributed by atoms with Gasteiger partial charge in [0.05, 0.1) is 0 Å². The predicted octanol–water partition coefficient (Wildman–Crippen LogP) is 3.29. The number of nitrogens with one attached hydrogen (secondary N) is 1. The van der Waals surface area contributed by atoms with E-state index in [1.54, 1.807) is 13.0 Å². The Labute approximate surface area is 134 Å². The molecule has 2 aromatic rings. The topological polar surface area (TPSA) is 58.4 Å². The number of likely N-dealkylation sites (tertiary alicyclic amines) is 1. The van der Waals surface area contributed by atoms with Crippen molar-refractivity contribution in [3.8, 4) is 0 Å². The molecule has 3 rings (SSSR count). The summed E-state index contributed by atoms with van der Waals surface area (Å²) in [5.74, 6) is 0.809. The fraction of sp³-hybridized carbons (Fsp3) is 0.412. The van der Waals surface area contributed by atoms with Gasteiger partial charge in [-0.25, -0.2) is 4.39 Å². The van der Waals surface area contributed by atoms with Crippen LogP contribution in [0.1, 0.15) is 36.6 Å². The number of hydrogen-bond acceptors (Lipinski definition) is 4. The molecular weight excluding hydrogens is 297 g/mol. The Morgan fingerprint density at radius 3 is 2.91 bits per heavy atom. The number of hydrogen-bond donors (Lipinski definition) is 1. The molecule has 122 valence electrons. The van der Waals surface area contributed by atoms with Crippen molar-refractivity contribution in [2.75, 3.05) is 18.4 Å². The molecule has 23 heavy (non-hydrogen) atoms. The van der Waals surface area contributed by atoms with Crippen molar-refractivity contribution in [1.82, 2.24) is 10.1 Å². The molecule has 1 aliphatic heterocycles. The van der Waals surface area contributed by atoms with E-state index in [0.29, 0.717) is 24.5 Å². The van der Waals surface area contributed by atoms with Gasteiger partial charge in [0.25, 0.3) is 0 Å². The number of amides is 1. The molecule has 0 radical (unpaired) electrons. The van der Waals surface area contributed by atoms with E-state index in [0.717, 1.165) is 24.9 Å². The Morgan fingerprint density at radius 2 is 2.22 bits per heavy atom. The van der Waals surface area contributed by atoms with Gasteiger partial charge in [0.1, 0.15) is 11.6 Å². The molecule has 0 spiro atoms. The van der Waals surface area contributed by atoms with Crippen LogP contribution in [0.4, 0.5) is 10.2 Å². The lowest BCUT2D eigenvalue weighted by Crippen LogP contribution is -2.27. The van der Waals surface area contributed by atoms with Gasteiger partial charge in [-0.3, -0.25) is 9.69 Å². The summed E-state index contributed by atoms with van der Waals surface area (Å²) in [7, 11) is 0. The number of carbonyl (C=O) groups is 1. The maximum absolute atomic E-state index is 13.1. The molecule has 1 unspecified atom stereocenters. The van der Waals surface area contributed by atoms with E-state index in [-0.39, 0.29) is 17.8 Å². The third kappa shape index (κ3) is 3.96. The zero-order valence-corrected chi connectivity index (χ0v) is 13.1. The second kappa shape index (κ2) is 6.91. The molecule has 1 aliphatic rings. The van der Waals surface area contributed by atoms with E-state index >= 15 is 0 Å². The average Bonchev–Trinajstić information content (AvgIpc) is 3.15. The standard InChI is InChI=1S/C17H20FN3O2/c1-12-11-16(20-23-12)19-17(22)8-10-21-9-2-3-15(21)13-4-6-14(18)7-5-13/h4-7,11,15H,2-3,8-10H2,1H3,(H,19,20,22). The van der Waals surface area contributed by atoms with Crippen LogP contribution < -0.4 is 5.32 Å². The first-order valence-electron chi connectivity index (χ1n) is 7.84. The van der Waals surface area contributed by atoms with Crippen LogP contribution >= 0.6 is 0 Å². The molecule has 5 nitrogen and oxygen atoms in total. The highest BCUT2D eigenvalue weighted by atomic mass is 19.1. The average molecular weight is 317 g/mol. The highest BCUT2D eigenvalue weighted by Gasteiger charge is 2.26. The van der Waals surface area contributed by atoms with Crippen LogP contribution in [0.2, 0.25) is 0 Å². The minimum atomic E-state index is -0.222. The Kier molecular flexibility index (Phi) is 4.71. The fourth-order valence-corrected chi connectivity index (χ4v) is 3.03. The third-order valence-corrected chi connectivity index (χ3v) is 4.14. The summed E-state index contributed by atoms with van der Waals surface area (Å²) in [5.41, 5.74) is 1.11. The van der Waals surface area contributed by atoms with E-state index in [1.165, 1.54) is 12.1 Å². The number of benzene rings is 1. The number of anilines is 1. The van der Waals surface area contributed by atoms with Gasteiger partial charge in [0, 0.05) is 25.1 Å². The highest BCUT2D eigenvalue weighted by Crippen LogP contribution is 2.31. The largest absolute Gasteiger partial charge is 0.360 e. The minimum Gasteiger partial charge on any atom is -0.360 e. The molecule has 0 aliphatic carbocycles. The molecule has 6 heteroatoms. The molecule has 0 bridgehead atoms. The van der Waals surface area contributed by atoms with E-state index in [2.05, 4.69) is 15.4 Å². The SMILES string of the molecule is Cc1cc(NC(=O)CCN2CCCC2c2ccc(F)cc2)no1. The van der Waals surface area contributed by atoms with E-state index < -0.39 is 0 Å². The van der Waals surface area contributed by atoms with Gasteiger partial charge >= 0.3 is 0 Å². The molecule has 1 aromatic carbocycles. The van der Waals surface area contributed by atoms with Gasteiger partial charge in [0.15, 0.2) is 5.82 Å². The summed E-state index contributed by atoms with van der Waals surface area (Å²) in [6.07, 6.45) is 2.52. The smallest absolute Gasteiger partial charge is 0.226 e. The quantitative estimate of drug-likeness (QED) is 0.919. The van der Waals surface area contributed by atoms with Crippen LogP contribution in [0.5, 0.6) is 0 Å². The van der Waals surface area contributed by atoms with Crippen molar-refractivity contribution in [2.45, 2.75) is 32.2 Å². The van der Waals surface area contributed by atoms with Gasteiger partial charge in [-0.15, -0.1) is 0 Å². The zero-order chi connectivity index (χ0) is 16.2. The Hall–Kier alpha value is -2.21. The normalized spacial score (nSPS) is 18.3. The number of rotatable bonds is 5. The van der Waals surface area contributed by atoms with Gasteiger partial charge in [0.2, 0.25) is 5.91 Å². The summed E-state index contributed by atoms with van der Waals surface area (Å²) < 4.78 is 18.0. The van der Waals surface area contributed by atoms with E-state index in [4.69, 9.17) is 4.52 Å². The first kappa shape index (κ1) is 15.7. The van der Waals surface area contributed by atoms with Crippen molar-refractivity contribution in [2.24, 2.45) is 0 Å². The first-order chi connectivity index (χ1) is 11.1. The predicted molar refractivity (Wildman–Crippen MR) is 84.4 cm³/mol. The number of halogens is 1. The molecule has 1 N–H and O–H groups in total. The lowest BCUT2D eigenvalue weighted by Gasteiger charge is -2.24. The molecule has 1 saturated heterocycles. The second-order valence-electron chi connectivity index (χ2n) is 5.87. The summed E-state index contributed by atoms with van der Waals surface area (Å²) in [6.45, 7) is 3.41. The second-order valence-corrected chi connectivity index (χ2v) is 5.87. The van der Waals surface area contributed by atoms with Crippen LogP contribution in [0.15, 0.2) is 34.9 Å². The molecule has 2 heterocycles. The van der Waals surface area contributed by atoms with E-state index in [1.807, 2.05) is 12.1 Å². The Bertz CT molecular complexity index is 669. The fourth-order valence-electron chi connectivity index (χ4n) is 3.03. The van der Waals surface area contributed by atoms with Crippen molar-refractivity contribution in [3.63, 3.8) is 0 Å². The number of carbonyl (C=O) groups excluding carboxylic acids is 1. The lowest BCUT2D eigenvalue weighted by molar-refractivity contribution is -0.116. The van der Waals surface area contributed by atoms with Gasteiger partial charge in [-0.05, 0) is 44.0 Å². The van der Waals surface area contributed by atoms with E-state index in [9.17, 15) is 9.18 Å². The van der Waals surface area contributed by atoms with Gasteiger partial charge in [-0.1, -0.05) is 17.3 Å². The van der Waals surface area contributed by atoms with Crippen LogP contribution in [0.25, 0.3) is 0 Å². The van der Waals surface area contributed by atoms with Gasteiger partial charge < -0.3 is 9.84 Å². The van der Waals surface area contributed by atoms with Crippen LogP contribution in [0.3, 0.4) is 0 Å². The molecule has 0 saturated carbocycles. The molecule has 1 amide bonds. The zero-order valence-electron chi connectivity index (χ0n) is 13.1. The maximum atomic E-state index is 13.1. The van der Waals surface area contributed by atoms with Gasteiger partial charge in [-0.2, -0.15) is 0 Å². The maximum Gasteiger partial charge on any atom is 0.226 e. The molecular formula is C17H20FN3O2. The van der Waals surface area contributed by atoms with Crippen LogP contribution in [0, 0.1) is 12.7 Å². The first-order valence-corrected chi connectivity index (χ1v) is 7.84. The number of aryl methyl sites for hydroxylation is 1. The highest BCUT2D eigenvalue weighted by molar-refractivity contribution is 5.89. The number of nitrogens with zero attached hydrogens (tertiary/aromatic N) is 2. The van der Waals surface area contributed by atoms with Crippen LogP contribution in [-0.2, 0) is 4.79 Å². The monoisotopic (exact) mass is 317 g/mol. The molecule has 1 atom stereocenters. The lowest BCUT2D eigenvalue weighted by atomic mass is 10.0. The number of aromatic nitrogens is 1. The summed E-state index contributed by atoms with van der Waals surface area (Å²) >= 11 is 0. The van der Waals surface area contributed by atoms with Crippen molar-refractivity contribution < 1.29 is 13.7 Å². The summed E-state index contributed by atoms with van der Waals surface area (Å²) in [5, 5.41) is 6.48. The van der Waals surface area contributed by atoms with Crippen LogP contribution in [-0.4, -0.2) is 29.1 Å². The molecule has 1 fully saturated rings.